The minimum Gasteiger partial charge on any atom is -0.377 e. The SMILES string of the molecule is COC1(C(Cc2ccc(Cl)cc2)NN)CCC(C)CC1. The van der Waals surface area contributed by atoms with Gasteiger partial charge in [0.25, 0.3) is 0 Å². The molecule has 1 unspecified atom stereocenters. The van der Waals surface area contributed by atoms with Gasteiger partial charge in [-0.2, -0.15) is 0 Å². The van der Waals surface area contributed by atoms with E-state index in [0.29, 0.717) is 0 Å². The fourth-order valence-electron chi connectivity index (χ4n) is 3.20. The van der Waals surface area contributed by atoms with Crippen molar-refractivity contribution in [1.82, 2.24) is 5.43 Å². The van der Waals surface area contributed by atoms with E-state index < -0.39 is 0 Å². The maximum absolute atomic E-state index is 5.94. The number of halogens is 1. The van der Waals surface area contributed by atoms with Crippen LogP contribution in [0.3, 0.4) is 0 Å². The summed E-state index contributed by atoms with van der Waals surface area (Å²) in [6.07, 6.45) is 5.38. The second-order valence-corrected chi connectivity index (χ2v) is 6.44. The van der Waals surface area contributed by atoms with Gasteiger partial charge in [-0.1, -0.05) is 30.7 Å². The van der Waals surface area contributed by atoms with Gasteiger partial charge in [-0.3, -0.25) is 11.3 Å². The Morgan fingerprint density at radius 2 is 1.95 bits per heavy atom. The second-order valence-electron chi connectivity index (χ2n) is 6.00. The molecule has 1 atom stereocenters. The summed E-state index contributed by atoms with van der Waals surface area (Å²) in [5, 5.41) is 0.763. The average molecular weight is 297 g/mol. The Bertz CT molecular complexity index is 413. The number of nitrogens with one attached hydrogen (secondary N) is 1. The van der Waals surface area contributed by atoms with Crippen LogP contribution >= 0.6 is 11.6 Å². The van der Waals surface area contributed by atoms with Crippen molar-refractivity contribution in [3.63, 3.8) is 0 Å². The molecule has 1 aromatic rings. The van der Waals surface area contributed by atoms with Crippen LogP contribution in [-0.4, -0.2) is 18.8 Å². The van der Waals surface area contributed by atoms with Crippen LogP contribution < -0.4 is 11.3 Å². The van der Waals surface area contributed by atoms with Crippen molar-refractivity contribution in [3.05, 3.63) is 34.9 Å². The summed E-state index contributed by atoms with van der Waals surface area (Å²) < 4.78 is 5.91. The fourth-order valence-corrected chi connectivity index (χ4v) is 3.32. The van der Waals surface area contributed by atoms with E-state index >= 15 is 0 Å². The zero-order valence-corrected chi connectivity index (χ0v) is 13.1. The van der Waals surface area contributed by atoms with Crippen LogP contribution in [0.4, 0.5) is 0 Å². The first-order valence-corrected chi connectivity index (χ1v) is 7.73. The predicted molar refractivity (Wildman–Crippen MR) is 83.6 cm³/mol. The Morgan fingerprint density at radius 1 is 1.35 bits per heavy atom. The first-order valence-electron chi connectivity index (χ1n) is 7.35. The average Bonchev–Trinajstić information content (AvgIpc) is 2.48. The molecular weight excluding hydrogens is 272 g/mol. The van der Waals surface area contributed by atoms with Gasteiger partial charge >= 0.3 is 0 Å². The standard InChI is InChI=1S/C16H25ClN2O/c1-12-7-9-16(20-2,10-8-12)15(19-18)11-13-3-5-14(17)6-4-13/h3-6,12,15,19H,7-11,18H2,1-2H3. The lowest BCUT2D eigenvalue weighted by molar-refractivity contribution is -0.0746. The summed E-state index contributed by atoms with van der Waals surface area (Å²) in [6, 6.07) is 8.09. The minimum atomic E-state index is -0.152. The quantitative estimate of drug-likeness (QED) is 0.647. The third-order valence-corrected chi connectivity index (χ3v) is 4.97. The van der Waals surface area contributed by atoms with E-state index in [1.54, 1.807) is 0 Å². The van der Waals surface area contributed by atoms with E-state index in [-0.39, 0.29) is 11.6 Å². The van der Waals surface area contributed by atoms with Crippen molar-refractivity contribution < 1.29 is 4.74 Å². The molecule has 112 valence electrons. The highest BCUT2D eigenvalue weighted by Gasteiger charge is 2.41. The first kappa shape index (κ1) is 15.8. The van der Waals surface area contributed by atoms with Gasteiger partial charge in [0.2, 0.25) is 0 Å². The molecule has 20 heavy (non-hydrogen) atoms. The molecule has 0 spiro atoms. The molecule has 1 aromatic carbocycles. The molecular formula is C16H25ClN2O. The highest BCUT2D eigenvalue weighted by molar-refractivity contribution is 6.30. The van der Waals surface area contributed by atoms with Gasteiger partial charge in [-0.25, -0.2) is 0 Å². The molecule has 1 saturated carbocycles. The minimum absolute atomic E-state index is 0.126. The smallest absolute Gasteiger partial charge is 0.0847 e. The van der Waals surface area contributed by atoms with Gasteiger partial charge in [0.1, 0.15) is 0 Å². The van der Waals surface area contributed by atoms with Crippen molar-refractivity contribution in [2.45, 2.75) is 50.7 Å². The van der Waals surface area contributed by atoms with Crippen molar-refractivity contribution in [1.29, 1.82) is 0 Å². The summed E-state index contributed by atoms with van der Waals surface area (Å²) in [5.74, 6) is 6.61. The summed E-state index contributed by atoms with van der Waals surface area (Å²) in [5.41, 5.74) is 4.06. The van der Waals surface area contributed by atoms with Crippen molar-refractivity contribution in [3.8, 4) is 0 Å². The van der Waals surface area contributed by atoms with Gasteiger partial charge in [0, 0.05) is 12.1 Å². The summed E-state index contributed by atoms with van der Waals surface area (Å²) in [4.78, 5) is 0. The molecule has 0 heterocycles. The molecule has 1 aliphatic carbocycles. The molecule has 0 aliphatic heterocycles. The van der Waals surface area contributed by atoms with Gasteiger partial charge in [0.05, 0.1) is 11.6 Å². The molecule has 0 aromatic heterocycles. The van der Waals surface area contributed by atoms with Crippen LogP contribution in [0.2, 0.25) is 5.02 Å². The summed E-state index contributed by atoms with van der Waals surface area (Å²) in [6.45, 7) is 2.31. The molecule has 0 saturated heterocycles. The third-order valence-electron chi connectivity index (χ3n) is 4.72. The number of nitrogens with two attached hydrogens (primary N) is 1. The molecule has 1 aliphatic rings. The molecule has 1 fully saturated rings. The molecule has 4 heteroatoms. The highest BCUT2D eigenvalue weighted by atomic mass is 35.5. The monoisotopic (exact) mass is 296 g/mol. The van der Waals surface area contributed by atoms with Gasteiger partial charge in [-0.05, 0) is 55.7 Å². The third kappa shape index (κ3) is 3.53. The van der Waals surface area contributed by atoms with Crippen LogP contribution in [0.25, 0.3) is 0 Å². The van der Waals surface area contributed by atoms with Crippen LogP contribution in [0.15, 0.2) is 24.3 Å². The molecule has 0 amide bonds. The number of benzene rings is 1. The number of hydrazine groups is 1. The Kier molecular flexibility index (Phi) is 5.44. The zero-order chi connectivity index (χ0) is 14.6. The largest absolute Gasteiger partial charge is 0.377 e. The number of hydrogen-bond acceptors (Lipinski definition) is 3. The Balaban J connectivity index is 2.11. The molecule has 0 bridgehead atoms. The van der Waals surface area contributed by atoms with Gasteiger partial charge in [0.15, 0.2) is 0 Å². The van der Waals surface area contributed by atoms with Crippen LogP contribution in [0, 0.1) is 5.92 Å². The van der Waals surface area contributed by atoms with E-state index in [1.807, 2.05) is 19.2 Å². The molecule has 3 nitrogen and oxygen atoms in total. The Labute approximate surface area is 126 Å². The van der Waals surface area contributed by atoms with E-state index in [4.69, 9.17) is 22.2 Å². The summed E-state index contributed by atoms with van der Waals surface area (Å²) in [7, 11) is 1.81. The van der Waals surface area contributed by atoms with Crippen LogP contribution in [0.5, 0.6) is 0 Å². The molecule has 2 rings (SSSR count). The van der Waals surface area contributed by atoms with E-state index in [2.05, 4.69) is 24.5 Å². The highest BCUT2D eigenvalue weighted by Crippen LogP contribution is 2.37. The maximum Gasteiger partial charge on any atom is 0.0847 e. The fraction of sp³-hybridized carbons (Fsp3) is 0.625. The van der Waals surface area contributed by atoms with E-state index in [9.17, 15) is 0 Å². The predicted octanol–water partition coefficient (Wildman–Crippen LogP) is 3.31. The van der Waals surface area contributed by atoms with Crippen molar-refractivity contribution in [2.75, 3.05) is 7.11 Å². The molecule has 3 N–H and O–H groups in total. The second kappa shape index (κ2) is 6.90. The number of hydrogen-bond donors (Lipinski definition) is 2. The number of methoxy groups -OCH3 is 1. The van der Waals surface area contributed by atoms with Crippen molar-refractivity contribution >= 4 is 11.6 Å². The Hall–Kier alpha value is -0.610. The topological polar surface area (TPSA) is 47.3 Å². The van der Waals surface area contributed by atoms with Gasteiger partial charge in [-0.15, -0.1) is 0 Å². The Morgan fingerprint density at radius 3 is 2.45 bits per heavy atom. The van der Waals surface area contributed by atoms with Crippen LogP contribution in [0.1, 0.15) is 38.2 Å². The van der Waals surface area contributed by atoms with Crippen LogP contribution in [-0.2, 0) is 11.2 Å². The zero-order valence-electron chi connectivity index (χ0n) is 12.4. The lowest BCUT2D eigenvalue weighted by Gasteiger charge is -2.43. The number of rotatable bonds is 5. The van der Waals surface area contributed by atoms with Crippen molar-refractivity contribution in [2.24, 2.45) is 11.8 Å². The van der Waals surface area contributed by atoms with E-state index in [0.717, 1.165) is 30.2 Å². The number of ether oxygens (including phenoxy) is 1. The maximum atomic E-state index is 5.94. The lowest BCUT2D eigenvalue weighted by atomic mass is 9.74. The first-order chi connectivity index (χ1) is 9.59. The molecule has 0 radical (unpaired) electrons. The summed E-state index contributed by atoms with van der Waals surface area (Å²) >= 11 is 5.94. The normalized spacial score (nSPS) is 28.3. The van der Waals surface area contributed by atoms with Gasteiger partial charge < -0.3 is 4.74 Å². The van der Waals surface area contributed by atoms with E-state index in [1.165, 1.54) is 18.4 Å². The lowest BCUT2D eigenvalue weighted by Crippen LogP contribution is -2.57.